The maximum Gasteiger partial charge on any atom is 0.330 e. The SMILES string of the molecule is C=CCC(=O)N1[C@@H](/C=C/C(=O)OC)CC[C@H]1c1ccccc1F. The van der Waals surface area contributed by atoms with Gasteiger partial charge in [0.2, 0.25) is 5.91 Å². The highest BCUT2D eigenvalue weighted by Gasteiger charge is 2.37. The van der Waals surface area contributed by atoms with Gasteiger partial charge in [-0.2, -0.15) is 0 Å². The predicted octanol–water partition coefficient (Wildman–Crippen LogP) is 3.16. The molecule has 1 aliphatic heterocycles. The molecule has 1 saturated heterocycles. The summed E-state index contributed by atoms with van der Waals surface area (Å²) in [4.78, 5) is 25.4. The summed E-state index contributed by atoms with van der Waals surface area (Å²) in [5, 5.41) is 0. The minimum Gasteiger partial charge on any atom is -0.466 e. The van der Waals surface area contributed by atoms with Crippen molar-refractivity contribution in [1.29, 1.82) is 0 Å². The van der Waals surface area contributed by atoms with Crippen molar-refractivity contribution in [3.05, 3.63) is 60.5 Å². The molecule has 1 heterocycles. The fourth-order valence-electron chi connectivity index (χ4n) is 2.92. The van der Waals surface area contributed by atoms with Crippen LogP contribution < -0.4 is 0 Å². The Morgan fingerprint density at radius 2 is 2.13 bits per heavy atom. The van der Waals surface area contributed by atoms with Crippen molar-refractivity contribution in [1.82, 2.24) is 4.90 Å². The average Bonchev–Trinajstić information content (AvgIpc) is 2.97. The maximum absolute atomic E-state index is 14.1. The van der Waals surface area contributed by atoms with E-state index < -0.39 is 5.97 Å². The second-order valence-electron chi connectivity index (χ2n) is 5.36. The van der Waals surface area contributed by atoms with Crippen LogP contribution in [0, 0.1) is 5.82 Å². The van der Waals surface area contributed by atoms with Gasteiger partial charge in [-0.1, -0.05) is 30.4 Å². The van der Waals surface area contributed by atoms with Crippen LogP contribution in [0.4, 0.5) is 4.39 Å². The van der Waals surface area contributed by atoms with Crippen LogP contribution >= 0.6 is 0 Å². The Kier molecular flexibility index (Phi) is 5.68. The summed E-state index contributed by atoms with van der Waals surface area (Å²) in [6.07, 6.45) is 5.96. The number of ether oxygens (including phenoxy) is 1. The van der Waals surface area contributed by atoms with Crippen molar-refractivity contribution >= 4 is 11.9 Å². The molecule has 1 aromatic carbocycles. The normalized spacial score (nSPS) is 20.7. The van der Waals surface area contributed by atoms with Gasteiger partial charge in [0.15, 0.2) is 0 Å². The third-order valence-electron chi connectivity index (χ3n) is 3.96. The van der Waals surface area contributed by atoms with Crippen LogP contribution in [0.25, 0.3) is 0 Å². The smallest absolute Gasteiger partial charge is 0.330 e. The number of amides is 1. The molecule has 2 atom stereocenters. The lowest BCUT2D eigenvalue weighted by Gasteiger charge is -2.29. The number of esters is 1. The Labute approximate surface area is 135 Å². The molecule has 0 N–H and O–H groups in total. The van der Waals surface area contributed by atoms with Gasteiger partial charge in [0.05, 0.1) is 19.2 Å². The number of nitrogens with zero attached hydrogens (tertiary/aromatic N) is 1. The van der Waals surface area contributed by atoms with Crippen LogP contribution in [0.5, 0.6) is 0 Å². The summed E-state index contributed by atoms with van der Waals surface area (Å²) in [7, 11) is 1.30. The van der Waals surface area contributed by atoms with E-state index in [0.29, 0.717) is 18.4 Å². The highest BCUT2D eigenvalue weighted by atomic mass is 19.1. The van der Waals surface area contributed by atoms with E-state index in [1.165, 1.54) is 25.3 Å². The first-order valence-electron chi connectivity index (χ1n) is 7.51. The number of benzene rings is 1. The van der Waals surface area contributed by atoms with E-state index in [4.69, 9.17) is 0 Å². The maximum atomic E-state index is 14.1. The van der Waals surface area contributed by atoms with Crippen molar-refractivity contribution < 1.29 is 18.7 Å². The molecule has 4 nitrogen and oxygen atoms in total. The number of rotatable bonds is 5. The predicted molar refractivity (Wildman–Crippen MR) is 85.0 cm³/mol. The van der Waals surface area contributed by atoms with Gasteiger partial charge in [-0.3, -0.25) is 4.79 Å². The minimum absolute atomic E-state index is 0.134. The van der Waals surface area contributed by atoms with E-state index in [1.807, 2.05) is 0 Å². The number of carbonyl (C=O) groups excluding carboxylic acids is 2. The molecule has 0 radical (unpaired) electrons. The van der Waals surface area contributed by atoms with Gasteiger partial charge in [0.25, 0.3) is 0 Å². The van der Waals surface area contributed by atoms with E-state index >= 15 is 0 Å². The summed E-state index contributed by atoms with van der Waals surface area (Å²) in [6.45, 7) is 3.59. The van der Waals surface area contributed by atoms with Crippen molar-refractivity contribution in [2.24, 2.45) is 0 Å². The number of carbonyl (C=O) groups is 2. The summed E-state index contributed by atoms with van der Waals surface area (Å²) in [5.41, 5.74) is 0.499. The minimum atomic E-state index is -0.476. The largest absolute Gasteiger partial charge is 0.466 e. The molecule has 1 fully saturated rings. The highest BCUT2D eigenvalue weighted by Crippen LogP contribution is 2.38. The molecule has 0 saturated carbocycles. The van der Waals surface area contributed by atoms with Crippen LogP contribution in [0.3, 0.4) is 0 Å². The van der Waals surface area contributed by atoms with Gasteiger partial charge in [-0.15, -0.1) is 6.58 Å². The third-order valence-corrected chi connectivity index (χ3v) is 3.96. The zero-order chi connectivity index (χ0) is 16.8. The van der Waals surface area contributed by atoms with Gasteiger partial charge in [0, 0.05) is 18.1 Å². The van der Waals surface area contributed by atoms with E-state index in [0.717, 1.165) is 0 Å². The molecule has 1 aliphatic rings. The Bertz CT molecular complexity index is 626. The fraction of sp³-hybridized carbons (Fsp3) is 0.333. The summed E-state index contributed by atoms with van der Waals surface area (Å²) < 4.78 is 18.7. The molecule has 2 rings (SSSR count). The second kappa shape index (κ2) is 7.72. The van der Waals surface area contributed by atoms with Gasteiger partial charge in [-0.25, -0.2) is 9.18 Å². The van der Waals surface area contributed by atoms with Crippen molar-refractivity contribution in [3.63, 3.8) is 0 Å². The molecular weight excluding hydrogens is 297 g/mol. The van der Waals surface area contributed by atoms with Crippen molar-refractivity contribution in [2.45, 2.75) is 31.3 Å². The highest BCUT2D eigenvalue weighted by molar-refractivity contribution is 5.82. The zero-order valence-corrected chi connectivity index (χ0v) is 13.1. The molecule has 0 spiro atoms. The zero-order valence-electron chi connectivity index (χ0n) is 13.1. The summed E-state index contributed by atoms with van der Waals surface area (Å²) in [6, 6.07) is 5.87. The molecule has 1 aromatic rings. The van der Waals surface area contributed by atoms with Gasteiger partial charge < -0.3 is 9.64 Å². The quantitative estimate of drug-likeness (QED) is 0.476. The molecule has 23 heavy (non-hydrogen) atoms. The van der Waals surface area contributed by atoms with Crippen LogP contribution in [0.1, 0.15) is 30.9 Å². The molecule has 5 heteroatoms. The van der Waals surface area contributed by atoms with Gasteiger partial charge in [-0.05, 0) is 18.9 Å². The van der Waals surface area contributed by atoms with Crippen molar-refractivity contribution in [3.8, 4) is 0 Å². The molecule has 122 valence electrons. The third kappa shape index (κ3) is 3.86. The summed E-state index contributed by atoms with van der Waals surface area (Å²) >= 11 is 0. The van der Waals surface area contributed by atoms with Crippen molar-refractivity contribution in [2.75, 3.05) is 7.11 Å². The van der Waals surface area contributed by atoms with Crippen LogP contribution in [0.15, 0.2) is 49.1 Å². The lowest BCUT2D eigenvalue weighted by atomic mass is 10.0. The lowest BCUT2D eigenvalue weighted by Crippen LogP contribution is -2.36. The molecular formula is C18H20FNO3. The first-order chi connectivity index (χ1) is 11.1. The van der Waals surface area contributed by atoms with E-state index in [1.54, 1.807) is 29.2 Å². The number of likely N-dealkylation sites (tertiary alicyclic amines) is 1. The fourth-order valence-corrected chi connectivity index (χ4v) is 2.92. The number of halogens is 1. The standard InChI is InChI=1S/C18H20FNO3/c1-3-6-17(21)20-13(10-12-18(22)23-2)9-11-16(20)14-7-4-5-8-15(14)19/h3-5,7-8,10,12-13,16H,1,6,9,11H2,2H3/b12-10+/t13-,16+/m1/s1. The van der Waals surface area contributed by atoms with Crippen LogP contribution in [0.2, 0.25) is 0 Å². The van der Waals surface area contributed by atoms with Gasteiger partial charge >= 0.3 is 5.97 Å². The molecule has 1 amide bonds. The van der Waals surface area contributed by atoms with E-state index in [9.17, 15) is 14.0 Å². The average molecular weight is 317 g/mol. The first kappa shape index (κ1) is 16.9. The Morgan fingerprint density at radius 1 is 1.39 bits per heavy atom. The van der Waals surface area contributed by atoms with Crippen LogP contribution in [-0.2, 0) is 14.3 Å². The number of methoxy groups -OCH3 is 1. The second-order valence-corrected chi connectivity index (χ2v) is 5.36. The van der Waals surface area contributed by atoms with E-state index in [2.05, 4.69) is 11.3 Å². The first-order valence-corrected chi connectivity index (χ1v) is 7.51. The Hall–Kier alpha value is -2.43. The van der Waals surface area contributed by atoms with Gasteiger partial charge in [0.1, 0.15) is 5.82 Å². The molecule has 0 aromatic heterocycles. The molecule has 0 unspecified atom stereocenters. The monoisotopic (exact) mass is 317 g/mol. The topological polar surface area (TPSA) is 46.6 Å². The Balaban J connectivity index is 2.30. The number of hydrogen-bond donors (Lipinski definition) is 0. The Morgan fingerprint density at radius 3 is 2.78 bits per heavy atom. The van der Waals surface area contributed by atoms with E-state index in [-0.39, 0.29) is 30.2 Å². The van der Waals surface area contributed by atoms with Crippen LogP contribution in [-0.4, -0.2) is 29.9 Å². The molecule has 0 bridgehead atoms. The number of hydrogen-bond acceptors (Lipinski definition) is 3. The molecule has 0 aliphatic carbocycles. The lowest BCUT2D eigenvalue weighted by molar-refractivity contribution is -0.135. The summed E-state index contributed by atoms with van der Waals surface area (Å²) in [5.74, 6) is -0.938.